The lowest BCUT2D eigenvalue weighted by molar-refractivity contribution is -0.133. The van der Waals surface area contributed by atoms with Crippen molar-refractivity contribution < 1.29 is 14.3 Å². The van der Waals surface area contributed by atoms with Gasteiger partial charge in [-0.25, -0.2) is 4.68 Å². The zero-order valence-corrected chi connectivity index (χ0v) is 20.1. The molecule has 1 atom stereocenters. The van der Waals surface area contributed by atoms with E-state index in [1.54, 1.807) is 36.2 Å². The molecule has 0 saturated heterocycles. The van der Waals surface area contributed by atoms with Gasteiger partial charge in [0, 0.05) is 24.8 Å². The zero-order valence-electron chi connectivity index (χ0n) is 20.1. The predicted molar refractivity (Wildman–Crippen MR) is 129 cm³/mol. The first-order valence-electron chi connectivity index (χ1n) is 11.0. The van der Waals surface area contributed by atoms with Crippen LogP contribution in [0.5, 0.6) is 5.75 Å². The number of aryl methyl sites for hydroxylation is 1. The molecular formula is C26H32N4O3. The van der Waals surface area contributed by atoms with Gasteiger partial charge in [0.05, 0.1) is 24.1 Å². The Morgan fingerprint density at radius 1 is 1.06 bits per heavy atom. The van der Waals surface area contributed by atoms with Gasteiger partial charge in [-0.05, 0) is 44.0 Å². The number of ether oxygens (including phenoxy) is 1. The molecule has 0 spiro atoms. The van der Waals surface area contributed by atoms with Gasteiger partial charge in [-0.15, -0.1) is 0 Å². The van der Waals surface area contributed by atoms with Gasteiger partial charge in [-0.3, -0.25) is 9.59 Å². The number of likely N-dealkylation sites (N-methyl/N-ethyl adjacent to an activating group) is 1. The van der Waals surface area contributed by atoms with Crippen molar-refractivity contribution in [1.29, 1.82) is 0 Å². The fourth-order valence-electron chi connectivity index (χ4n) is 3.84. The molecule has 33 heavy (non-hydrogen) atoms. The second-order valence-electron chi connectivity index (χ2n) is 8.49. The number of nitrogens with zero attached hydrogens (tertiary/aromatic N) is 3. The molecular weight excluding hydrogens is 416 g/mol. The fraction of sp³-hybridized carbons (Fsp3) is 0.346. The van der Waals surface area contributed by atoms with Crippen molar-refractivity contribution in [2.75, 3.05) is 14.2 Å². The fourth-order valence-corrected chi connectivity index (χ4v) is 3.84. The quantitative estimate of drug-likeness (QED) is 0.567. The van der Waals surface area contributed by atoms with Crippen molar-refractivity contribution >= 4 is 11.8 Å². The summed E-state index contributed by atoms with van der Waals surface area (Å²) in [7, 11) is 3.27. The molecule has 0 aliphatic carbocycles. The minimum Gasteiger partial charge on any atom is -0.496 e. The minimum absolute atomic E-state index is 0.0900. The van der Waals surface area contributed by atoms with Crippen LogP contribution in [-0.4, -0.2) is 46.7 Å². The van der Waals surface area contributed by atoms with E-state index in [4.69, 9.17) is 4.74 Å². The van der Waals surface area contributed by atoms with E-state index >= 15 is 0 Å². The van der Waals surface area contributed by atoms with Gasteiger partial charge < -0.3 is 15.0 Å². The summed E-state index contributed by atoms with van der Waals surface area (Å²) in [5.41, 5.74) is 4.22. The number of rotatable bonds is 8. The van der Waals surface area contributed by atoms with Crippen LogP contribution in [0.4, 0.5) is 0 Å². The van der Waals surface area contributed by atoms with Crippen LogP contribution in [0.3, 0.4) is 0 Å². The number of benzene rings is 2. The molecule has 1 N–H and O–H groups in total. The monoisotopic (exact) mass is 448 g/mol. The van der Waals surface area contributed by atoms with E-state index in [0.29, 0.717) is 17.9 Å². The highest BCUT2D eigenvalue weighted by molar-refractivity contribution is 5.99. The lowest BCUT2D eigenvalue weighted by atomic mass is 10.0. The van der Waals surface area contributed by atoms with E-state index in [1.807, 2.05) is 62.7 Å². The number of carbonyl (C=O) groups is 2. The van der Waals surface area contributed by atoms with Gasteiger partial charge >= 0.3 is 0 Å². The summed E-state index contributed by atoms with van der Waals surface area (Å²) >= 11 is 0. The van der Waals surface area contributed by atoms with Crippen LogP contribution in [0, 0.1) is 19.8 Å². The van der Waals surface area contributed by atoms with Gasteiger partial charge in [0.2, 0.25) is 5.91 Å². The summed E-state index contributed by atoms with van der Waals surface area (Å²) in [5.74, 6) is -0.109. The molecule has 7 heteroatoms. The molecule has 0 aliphatic heterocycles. The molecule has 1 aromatic heterocycles. The summed E-state index contributed by atoms with van der Waals surface area (Å²) in [5, 5.41) is 7.58. The maximum absolute atomic E-state index is 13.4. The highest BCUT2D eigenvalue weighted by Crippen LogP contribution is 2.21. The summed E-state index contributed by atoms with van der Waals surface area (Å²) in [6, 6.07) is 16.2. The Hall–Kier alpha value is -3.61. The number of carbonyl (C=O) groups excluding carboxylic acids is 2. The molecule has 2 amide bonds. The minimum atomic E-state index is -0.669. The normalized spacial score (nSPS) is 11.8. The average Bonchev–Trinajstić information content (AvgIpc) is 3.10. The summed E-state index contributed by atoms with van der Waals surface area (Å²) in [6.45, 7) is 8.19. The third kappa shape index (κ3) is 5.25. The Bertz CT molecular complexity index is 1120. The molecule has 3 aromatic rings. The van der Waals surface area contributed by atoms with Gasteiger partial charge in [0.1, 0.15) is 11.8 Å². The van der Waals surface area contributed by atoms with E-state index in [0.717, 1.165) is 22.6 Å². The Morgan fingerprint density at radius 3 is 2.33 bits per heavy atom. The maximum Gasteiger partial charge on any atom is 0.255 e. The SMILES string of the molecule is COc1ccccc1C(=O)NC(C(=O)N(C)Cc1c(C)nn(-c2ccccc2)c1C)C(C)C. The molecule has 3 rings (SSSR count). The number of aromatic nitrogens is 2. The molecule has 1 unspecified atom stereocenters. The lowest BCUT2D eigenvalue weighted by Crippen LogP contribution is -2.50. The topological polar surface area (TPSA) is 76.5 Å². The Morgan fingerprint density at radius 2 is 1.70 bits per heavy atom. The maximum atomic E-state index is 13.4. The van der Waals surface area contributed by atoms with Crippen LogP contribution >= 0.6 is 0 Å². The molecule has 0 saturated carbocycles. The predicted octanol–water partition coefficient (Wildman–Crippen LogP) is 3.91. The summed E-state index contributed by atoms with van der Waals surface area (Å²) in [6.07, 6.45) is 0. The molecule has 0 fully saturated rings. The number of amides is 2. The Kier molecular flexibility index (Phi) is 7.53. The van der Waals surface area contributed by atoms with Crippen LogP contribution in [0.1, 0.15) is 41.2 Å². The lowest BCUT2D eigenvalue weighted by Gasteiger charge is -2.27. The summed E-state index contributed by atoms with van der Waals surface area (Å²) in [4.78, 5) is 27.9. The Balaban J connectivity index is 1.79. The number of nitrogens with one attached hydrogen (secondary N) is 1. The van der Waals surface area contributed by atoms with Gasteiger partial charge in [-0.1, -0.05) is 44.2 Å². The number of methoxy groups -OCH3 is 1. The standard InChI is InChI=1S/C26H32N4O3/c1-17(2)24(27-25(31)21-14-10-11-15-23(21)33-6)26(32)29(5)16-22-18(3)28-30(19(22)4)20-12-8-7-9-13-20/h7-15,17,24H,16H2,1-6H3,(H,27,31). The Labute approximate surface area is 195 Å². The van der Waals surface area contributed by atoms with Crippen molar-refractivity contribution in [2.45, 2.75) is 40.3 Å². The van der Waals surface area contributed by atoms with Gasteiger partial charge in [0.15, 0.2) is 0 Å². The van der Waals surface area contributed by atoms with E-state index in [9.17, 15) is 9.59 Å². The van der Waals surface area contributed by atoms with Crippen molar-refractivity contribution in [3.05, 3.63) is 77.1 Å². The third-order valence-electron chi connectivity index (χ3n) is 5.78. The largest absolute Gasteiger partial charge is 0.496 e. The third-order valence-corrected chi connectivity index (χ3v) is 5.78. The highest BCUT2D eigenvalue weighted by atomic mass is 16.5. The number of hydrogen-bond donors (Lipinski definition) is 1. The molecule has 174 valence electrons. The second kappa shape index (κ2) is 10.3. The first-order chi connectivity index (χ1) is 15.7. The first kappa shape index (κ1) is 24.0. The molecule has 0 radical (unpaired) electrons. The highest BCUT2D eigenvalue weighted by Gasteiger charge is 2.29. The van der Waals surface area contributed by atoms with E-state index < -0.39 is 6.04 Å². The van der Waals surface area contributed by atoms with E-state index in [2.05, 4.69) is 10.4 Å². The zero-order chi connectivity index (χ0) is 24.1. The van der Waals surface area contributed by atoms with E-state index in [1.165, 1.54) is 7.11 Å². The smallest absolute Gasteiger partial charge is 0.255 e. The van der Waals surface area contributed by atoms with Crippen LogP contribution < -0.4 is 10.1 Å². The van der Waals surface area contributed by atoms with Gasteiger partial charge in [-0.2, -0.15) is 5.10 Å². The van der Waals surface area contributed by atoms with Crippen LogP contribution in [0.15, 0.2) is 54.6 Å². The molecule has 7 nitrogen and oxygen atoms in total. The molecule has 0 bridgehead atoms. The van der Waals surface area contributed by atoms with Crippen LogP contribution in [0.2, 0.25) is 0 Å². The van der Waals surface area contributed by atoms with Crippen LogP contribution in [-0.2, 0) is 11.3 Å². The average molecular weight is 449 g/mol. The van der Waals surface area contributed by atoms with Crippen LogP contribution in [0.25, 0.3) is 5.69 Å². The van der Waals surface area contributed by atoms with Crippen molar-refractivity contribution in [1.82, 2.24) is 20.0 Å². The van der Waals surface area contributed by atoms with Crippen molar-refractivity contribution in [3.8, 4) is 11.4 Å². The first-order valence-corrected chi connectivity index (χ1v) is 11.0. The number of para-hydroxylation sites is 2. The molecule has 0 aliphatic rings. The van der Waals surface area contributed by atoms with E-state index in [-0.39, 0.29) is 17.7 Å². The van der Waals surface area contributed by atoms with Crippen molar-refractivity contribution in [2.24, 2.45) is 5.92 Å². The summed E-state index contributed by atoms with van der Waals surface area (Å²) < 4.78 is 7.19. The molecule has 1 heterocycles. The molecule has 2 aromatic carbocycles. The van der Waals surface area contributed by atoms with Gasteiger partial charge in [0.25, 0.3) is 5.91 Å². The number of hydrogen-bond acceptors (Lipinski definition) is 4. The second-order valence-corrected chi connectivity index (χ2v) is 8.49. The van der Waals surface area contributed by atoms with Crippen molar-refractivity contribution in [3.63, 3.8) is 0 Å².